The summed E-state index contributed by atoms with van der Waals surface area (Å²) in [5.74, 6) is -0.974. The van der Waals surface area contributed by atoms with Gasteiger partial charge in [0.1, 0.15) is 11.4 Å². The average Bonchev–Trinajstić information content (AvgIpc) is 2.36. The SMILES string of the molecule is CC1CC(N)CN(C(=O)c2ccc(F)cc2[N+](=O)[O-])C1. The number of benzene rings is 1. The highest BCUT2D eigenvalue weighted by molar-refractivity contribution is 5.98. The van der Waals surface area contributed by atoms with Crippen LogP contribution < -0.4 is 5.73 Å². The van der Waals surface area contributed by atoms with Crippen LogP contribution in [0.1, 0.15) is 23.7 Å². The van der Waals surface area contributed by atoms with E-state index in [0.29, 0.717) is 13.1 Å². The van der Waals surface area contributed by atoms with Gasteiger partial charge in [0, 0.05) is 19.1 Å². The third-order valence-corrected chi connectivity index (χ3v) is 3.37. The Morgan fingerprint density at radius 3 is 2.80 bits per heavy atom. The lowest BCUT2D eigenvalue weighted by Crippen LogP contribution is -2.48. The molecule has 1 aromatic rings. The molecule has 1 saturated heterocycles. The number of nitro groups is 1. The topological polar surface area (TPSA) is 89.5 Å². The van der Waals surface area contributed by atoms with Crippen molar-refractivity contribution in [3.63, 3.8) is 0 Å². The maximum atomic E-state index is 13.1. The number of nitrogens with two attached hydrogens (primary N) is 1. The number of carbonyl (C=O) groups is 1. The molecule has 2 N–H and O–H groups in total. The summed E-state index contributed by atoms with van der Waals surface area (Å²) in [6.45, 7) is 2.83. The van der Waals surface area contributed by atoms with E-state index in [1.807, 2.05) is 6.92 Å². The molecule has 0 spiro atoms. The van der Waals surface area contributed by atoms with Gasteiger partial charge in [-0.05, 0) is 24.5 Å². The second kappa shape index (κ2) is 5.54. The number of amides is 1. The van der Waals surface area contributed by atoms with E-state index >= 15 is 0 Å². The normalized spacial score (nSPS) is 22.6. The second-order valence-corrected chi connectivity index (χ2v) is 5.23. The van der Waals surface area contributed by atoms with Gasteiger partial charge >= 0.3 is 0 Å². The van der Waals surface area contributed by atoms with E-state index in [-0.39, 0.29) is 17.5 Å². The summed E-state index contributed by atoms with van der Waals surface area (Å²) in [7, 11) is 0. The Kier molecular flexibility index (Phi) is 3.99. The monoisotopic (exact) mass is 281 g/mol. The van der Waals surface area contributed by atoms with E-state index in [4.69, 9.17) is 5.73 Å². The Morgan fingerprint density at radius 2 is 2.20 bits per heavy atom. The van der Waals surface area contributed by atoms with Crippen LogP contribution in [0.15, 0.2) is 18.2 Å². The molecule has 0 saturated carbocycles. The number of hydrogen-bond acceptors (Lipinski definition) is 4. The molecule has 0 aliphatic carbocycles. The van der Waals surface area contributed by atoms with Crippen LogP contribution in [0.4, 0.5) is 10.1 Å². The zero-order valence-electron chi connectivity index (χ0n) is 11.1. The molecule has 0 radical (unpaired) electrons. The zero-order valence-corrected chi connectivity index (χ0v) is 11.1. The Bertz CT molecular complexity index is 540. The maximum absolute atomic E-state index is 13.1. The summed E-state index contributed by atoms with van der Waals surface area (Å²) in [5.41, 5.74) is 5.25. The molecule has 20 heavy (non-hydrogen) atoms. The smallest absolute Gasteiger partial charge is 0.285 e. The number of halogens is 1. The molecule has 1 fully saturated rings. The largest absolute Gasteiger partial charge is 0.337 e. The number of hydrogen-bond donors (Lipinski definition) is 1. The molecule has 0 aromatic heterocycles. The third-order valence-electron chi connectivity index (χ3n) is 3.37. The minimum atomic E-state index is -0.746. The average molecular weight is 281 g/mol. The van der Waals surface area contributed by atoms with Crippen molar-refractivity contribution in [3.8, 4) is 0 Å². The molecule has 7 heteroatoms. The molecule has 1 aliphatic heterocycles. The van der Waals surface area contributed by atoms with Crippen molar-refractivity contribution in [1.29, 1.82) is 0 Å². The van der Waals surface area contributed by atoms with Gasteiger partial charge in [-0.1, -0.05) is 6.92 Å². The minimum absolute atomic E-state index is 0.0994. The quantitative estimate of drug-likeness (QED) is 0.657. The van der Waals surface area contributed by atoms with Crippen molar-refractivity contribution in [2.24, 2.45) is 11.7 Å². The summed E-state index contributed by atoms with van der Waals surface area (Å²) < 4.78 is 13.1. The number of nitrogens with zero attached hydrogens (tertiary/aromatic N) is 2. The fourth-order valence-electron chi connectivity index (χ4n) is 2.57. The van der Waals surface area contributed by atoms with Gasteiger partial charge in [0.15, 0.2) is 0 Å². The molecular weight excluding hydrogens is 265 g/mol. The first-order valence-electron chi connectivity index (χ1n) is 6.37. The van der Waals surface area contributed by atoms with Crippen LogP contribution in [0.25, 0.3) is 0 Å². The first kappa shape index (κ1) is 14.4. The highest BCUT2D eigenvalue weighted by Gasteiger charge is 2.30. The third kappa shape index (κ3) is 2.93. The second-order valence-electron chi connectivity index (χ2n) is 5.23. The number of piperidine rings is 1. The predicted octanol–water partition coefficient (Wildman–Crippen LogP) is 1.54. The van der Waals surface area contributed by atoms with Gasteiger partial charge in [0.05, 0.1) is 11.0 Å². The van der Waals surface area contributed by atoms with E-state index in [2.05, 4.69) is 0 Å². The highest BCUT2D eigenvalue weighted by Crippen LogP contribution is 2.24. The van der Waals surface area contributed by atoms with Crippen LogP contribution in [-0.4, -0.2) is 34.9 Å². The molecule has 2 rings (SSSR count). The minimum Gasteiger partial charge on any atom is -0.337 e. The van der Waals surface area contributed by atoms with Crippen molar-refractivity contribution in [3.05, 3.63) is 39.7 Å². The number of carbonyl (C=O) groups excluding carboxylic acids is 1. The number of nitro benzene ring substituents is 1. The van der Waals surface area contributed by atoms with Gasteiger partial charge in [0.2, 0.25) is 0 Å². The van der Waals surface area contributed by atoms with Gasteiger partial charge < -0.3 is 10.6 Å². The molecular formula is C13H16FN3O3. The summed E-state index contributed by atoms with van der Waals surface area (Å²) in [6, 6.07) is 2.83. The first-order valence-corrected chi connectivity index (χ1v) is 6.37. The predicted molar refractivity (Wildman–Crippen MR) is 70.7 cm³/mol. The lowest BCUT2D eigenvalue weighted by Gasteiger charge is -2.34. The lowest BCUT2D eigenvalue weighted by molar-refractivity contribution is -0.385. The van der Waals surface area contributed by atoms with Crippen molar-refractivity contribution >= 4 is 11.6 Å². The fourth-order valence-corrected chi connectivity index (χ4v) is 2.57. The van der Waals surface area contributed by atoms with Crippen LogP contribution in [0.2, 0.25) is 0 Å². The van der Waals surface area contributed by atoms with E-state index < -0.39 is 22.3 Å². The van der Waals surface area contributed by atoms with E-state index in [1.54, 1.807) is 0 Å². The van der Waals surface area contributed by atoms with Gasteiger partial charge in [-0.25, -0.2) is 4.39 Å². The number of rotatable bonds is 2. The lowest BCUT2D eigenvalue weighted by atomic mass is 9.96. The molecule has 1 aromatic carbocycles. The van der Waals surface area contributed by atoms with Crippen molar-refractivity contribution in [1.82, 2.24) is 4.90 Å². The van der Waals surface area contributed by atoms with E-state index in [1.165, 1.54) is 4.90 Å². The Hall–Kier alpha value is -2.02. The molecule has 2 atom stereocenters. The van der Waals surface area contributed by atoms with Crippen molar-refractivity contribution in [2.45, 2.75) is 19.4 Å². The van der Waals surface area contributed by atoms with E-state index in [9.17, 15) is 19.3 Å². The van der Waals surface area contributed by atoms with E-state index in [0.717, 1.165) is 24.6 Å². The van der Waals surface area contributed by atoms with Crippen molar-refractivity contribution < 1.29 is 14.1 Å². The van der Waals surface area contributed by atoms with Crippen LogP contribution >= 0.6 is 0 Å². The Morgan fingerprint density at radius 1 is 1.50 bits per heavy atom. The maximum Gasteiger partial charge on any atom is 0.285 e. The summed E-state index contributed by atoms with van der Waals surface area (Å²) >= 11 is 0. The molecule has 0 bridgehead atoms. The fraction of sp³-hybridized carbons (Fsp3) is 0.462. The van der Waals surface area contributed by atoms with Crippen molar-refractivity contribution in [2.75, 3.05) is 13.1 Å². The molecule has 1 amide bonds. The van der Waals surface area contributed by atoms with Gasteiger partial charge in [0.25, 0.3) is 11.6 Å². The Balaban J connectivity index is 2.31. The first-order chi connectivity index (χ1) is 9.38. The molecule has 1 heterocycles. The Labute approximate surface area is 115 Å². The molecule has 1 aliphatic rings. The van der Waals surface area contributed by atoms with Crippen LogP contribution in [0.3, 0.4) is 0 Å². The standard InChI is InChI=1S/C13H16FN3O3/c1-8-4-10(15)7-16(6-8)13(18)11-3-2-9(14)5-12(11)17(19)20/h2-3,5,8,10H,4,6-7,15H2,1H3. The molecule has 6 nitrogen and oxygen atoms in total. The van der Waals surface area contributed by atoms with Crippen LogP contribution in [0.5, 0.6) is 0 Å². The van der Waals surface area contributed by atoms with Gasteiger partial charge in [-0.15, -0.1) is 0 Å². The number of likely N-dealkylation sites (tertiary alicyclic amines) is 1. The zero-order chi connectivity index (χ0) is 14.9. The summed E-state index contributed by atoms with van der Waals surface area (Å²) in [5, 5.41) is 10.9. The van der Waals surface area contributed by atoms with Gasteiger partial charge in [-0.3, -0.25) is 14.9 Å². The molecule has 108 valence electrons. The van der Waals surface area contributed by atoms with Gasteiger partial charge in [-0.2, -0.15) is 0 Å². The summed E-state index contributed by atoms with van der Waals surface area (Å²) in [4.78, 5) is 24.1. The van der Waals surface area contributed by atoms with Crippen LogP contribution in [-0.2, 0) is 0 Å². The molecule has 2 unspecified atom stereocenters. The highest BCUT2D eigenvalue weighted by atomic mass is 19.1. The van der Waals surface area contributed by atoms with Crippen LogP contribution in [0, 0.1) is 21.8 Å². The summed E-state index contributed by atoms with van der Waals surface area (Å²) in [6.07, 6.45) is 0.815.